The number of hydrogen-bond acceptors (Lipinski definition) is 6. The number of ether oxygens (including phenoxy) is 2. The van der Waals surface area contributed by atoms with Crippen LogP contribution >= 0.6 is 11.8 Å². The van der Waals surface area contributed by atoms with E-state index < -0.39 is 12.6 Å². The van der Waals surface area contributed by atoms with E-state index in [9.17, 15) is 14.4 Å². The summed E-state index contributed by atoms with van der Waals surface area (Å²) in [6, 6.07) is 19.8. The molecule has 0 unspecified atom stereocenters. The summed E-state index contributed by atoms with van der Waals surface area (Å²) in [5, 5.41) is 2.66. The minimum absolute atomic E-state index is 0.115. The zero-order chi connectivity index (χ0) is 21.4. The van der Waals surface area contributed by atoms with Crippen LogP contribution in [0.2, 0.25) is 0 Å². The summed E-state index contributed by atoms with van der Waals surface area (Å²) < 4.78 is 10.6. The lowest BCUT2D eigenvalue weighted by Crippen LogP contribution is -2.32. The molecule has 2 aliphatic rings. The third-order valence-corrected chi connectivity index (χ3v) is 5.99. The van der Waals surface area contributed by atoms with Crippen LogP contribution in [-0.4, -0.2) is 31.0 Å². The molecule has 0 aromatic heterocycles. The predicted molar refractivity (Wildman–Crippen MR) is 115 cm³/mol. The Morgan fingerprint density at radius 3 is 2.39 bits per heavy atom. The van der Waals surface area contributed by atoms with E-state index in [0.717, 1.165) is 21.2 Å². The number of amides is 2. The van der Waals surface area contributed by atoms with Gasteiger partial charge < -0.3 is 14.8 Å². The standard InChI is InChI=1S/C23H16N2O5S/c26-21-12-29-18-11-14(9-10-15(18)24-21)23(28)30-13-22(27)25-16-5-1-3-7-19(16)31-20-8-4-2-6-17(20)25/h1-11H,12-13H2,(H,24,26). The van der Waals surface area contributed by atoms with Crippen molar-refractivity contribution in [1.29, 1.82) is 0 Å². The van der Waals surface area contributed by atoms with Gasteiger partial charge in [-0.05, 0) is 42.5 Å². The van der Waals surface area contributed by atoms with E-state index in [-0.39, 0.29) is 24.0 Å². The fourth-order valence-corrected chi connectivity index (χ4v) is 4.51. The van der Waals surface area contributed by atoms with Crippen LogP contribution in [0.25, 0.3) is 0 Å². The number of nitrogens with zero attached hydrogens (tertiary/aromatic N) is 1. The molecule has 0 fully saturated rings. The lowest BCUT2D eigenvalue weighted by Gasteiger charge is -2.30. The van der Waals surface area contributed by atoms with Crippen LogP contribution in [0.5, 0.6) is 5.75 Å². The van der Waals surface area contributed by atoms with Crippen LogP contribution in [0, 0.1) is 0 Å². The van der Waals surface area contributed by atoms with E-state index in [1.165, 1.54) is 12.1 Å². The SMILES string of the molecule is O=C1COc2cc(C(=O)OCC(=O)N3c4ccccc4Sc4ccccc43)ccc2N1. The molecule has 2 aliphatic heterocycles. The van der Waals surface area contributed by atoms with Crippen molar-refractivity contribution in [3.8, 4) is 5.75 Å². The van der Waals surface area contributed by atoms with Gasteiger partial charge >= 0.3 is 5.97 Å². The first-order chi connectivity index (χ1) is 15.1. The van der Waals surface area contributed by atoms with Crippen LogP contribution in [0.3, 0.4) is 0 Å². The Hall–Kier alpha value is -3.78. The molecule has 0 radical (unpaired) electrons. The fraction of sp³-hybridized carbons (Fsp3) is 0.0870. The van der Waals surface area contributed by atoms with Crippen LogP contribution in [0.1, 0.15) is 10.4 Å². The Bertz CT molecular complexity index is 1180. The van der Waals surface area contributed by atoms with E-state index >= 15 is 0 Å². The number of rotatable bonds is 3. The predicted octanol–water partition coefficient (Wildman–Crippen LogP) is 4.00. The highest BCUT2D eigenvalue weighted by Crippen LogP contribution is 2.47. The lowest BCUT2D eigenvalue weighted by molar-refractivity contribution is -0.121. The maximum Gasteiger partial charge on any atom is 0.338 e. The number of para-hydroxylation sites is 2. The molecule has 3 aromatic carbocycles. The minimum atomic E-state index is -0.649. The molecule has 0 spiro atoms. The zero-order valence-corrected chi connectivity index (χ0v) is 17.0. The number of anilines is 3. The van der Waals surface area contributed by atoms with Gasteiger partial charge in [-0.25, -0.2) is 4.79 Å². The summed E-state index contributed by atoms with van der Waals surface area (Å²) >= 11 is 1.59. The van der Waals surface area contributed by atoms with Crippen molar-refractivity contribution in [1.82, 2.24) is 0 Å². The number of benzene rings is 3. The molecule has 3 aromatic rings. The van der Waals surface area contributed by atoms with E-state index in [1.807, 2.05) is 48.5 Å². The summed E-state index contributed by atoms with van der Waals surface area (Å²) in [4.78, 5) is 40.5. The molecule has 0 bridgehead atoms. The Labute approximate surface area is 182 Å². The summed E-state index contributed by atoms with van der Waals surface area (Å²) in [7, 11) is 0. The Morgan fingerprint density at radius 1 is 1.00 bits per heavy atom. The Morgan fingerprint density at radius 2 is 1.68 bits per heavy atom. The highest BCUT2D eigenvalue weighted by atomic mass is 32.2. The van der Waals surface area contributed by atoms with Gasteiger partial charge in [0.25, 0.3) is 11.8 Å². The van der Waals surface area contributed by atoms with Gasteiger partial charge in [0.15, 0.2) is 13.2 Å². The first kappa shape index (κ1) is 19.2. The molecule has 0 saturated carbocycles. The fourth-order valence-electron chi connectivity index (χ4n) is 3.45. The van der Waals surface area contributed by atoms with Gasteiger partial charge in [0.2, 0.25) is 0 Å². The van der Waals surface area contributed by atoms with Crippen molar-refractivity contribution in [3.63, 3.8) is 0 Å². The zero-order valence-electron chi connectivity index (χ0n) is 16.2. The third kappa shape index (κ3) is 3.62. The lowest BCUT2D eigenvalue weighted by atomic mass is 10.1. The van der Waals surface area contributed by atoms with Crippen molar-refractivity contribution in [3.05, 3.63) is 72.3 Å². The van der Waals surface area contributed by atoms with Crippen molar-refractivity contribution in [2.75, 3.05) is 23.4 Å². The molecule has 0 aliphatic carbocycles. The number of nitrogens with one attached hydrogen (secondary N) is 1. The summed E-state index contributed by atoms with van der Waals surface area (Å²) in [6.07, 6.45) is 0. The van der Waals surface area contributed by atoms with Gasteiger partial charge in [0.05, 0.1) is 22.6 Å². The largest absolute Gasteiger partial charge is 0.482 e. The molecule has 2 heterocycles. The second-order valence-corrected chi connectivity index (χ2v) is 7.97. The molecule has 154 valence electrons. The second kappa shape index (κ2) is 7.81. The van der Waals surface area contributed by atoms with Gasteiger partial charge in [-0.15, -0.1) is 0 Å². The van der Waals surface area contributed by atoms with Crippen molar-refractivity contribution in [2.24, 2.45) is 0 Å². The van der Waals surface area contributed by atoms with E-state index in [2.05, 4.69) is 5.32 Å². The van der Waals surface area contributed by atoms with Crippen molar-refractivity contribution >= 4 is 46.6 Å². The van der Waals surface area contributed by atoms with E-state index in [1.54, 1.807) is 22.7 Å². The smallest absolute Gasteiger partial charge is 0.338 e. The number of fused-ring (bicyclic) bond motifs is 3. The maximum atomic E-state index is 13.1. The number of esters is 1. The van der Waals surface area contributed by atoms with Gasteiger partial charge in [-0.3, -0.25) is 14.5 Å². The van der Waals surface area contributed by atoms with Gasteiger partial charge in [0.1, 0.15) is 5.75 Å². The average Bonchev–Trinajstić information content (AvgIpc) is 2.80. The minimum Gasteiger partial charge on any atom is -0.482 e. The van der Waals surface area contributed by atoms with Crippen molar-refractivity contribution in [2.45, 2.75) is 9.79 Å². The third-order valence-electron chi connectivity index (χ3n) is 4.86. The topological polar surface area (TPSA) is 84.9 Å². The first-order valence-corrected chi connectivity index (χ1v) is 10.3. The molecule has 0 atom stereocenters. The molecular weight excluding hydrogens is 416 g/mol. The van der Waals surface area contributed by atoms with Crippen LogP contribution in [-0.2, 0) is 14.3 Å². The average molecular weight is 432 g/mol. The summed E-state index contributed by atoms with van der Waals surface area (Å²) in [5.74, 6) is -0.871. The number of carbonyl (C=O) groups is 3. The number of hydrogen-bond donors (Lipinski definition) is 1. The highest BCUT2D eigenvalue weighted by Gasteiger charge is 2.28. The normalized spacial score (nSPS) is 13.8. The quantitative estimate of drug-likeness (QED) is 0.630. The van der Waals surface area contributed by atoms with Crippen LogP contribution in [0.4, 0.5) is 17.1 Å². The second-order valence-electron chi connectivity index (χ2n) is 6.89. The molecule has 2 amide bonds. The van der Waals surface area contributed by atoms with E-state index in [4.69, 9.17) is 9.47 Å². The van der Waals surface area contributed by atoms with E-state index in [0.29, 0.717) is 11.4 Å². The molecular formula is C23H16N2O5S. The Balaban J connectivity index is 1.34. The van der Waals surface area contributed by atoms with Gasteiger partial charge in [-0.2, -0.15) is 0 Å². The first-order valence-electron chi connectivity index (χ1n) is 9.53. The molecule has 7 nitrogen and oxygen atoms in total. The number of carbonyl (C=O) groups excluding carboxylic acids is 3. The molecule has 5 rings (SSSR count). The monoisotopic (exact) mass is 432 g/mol. The van der Waals surface area contributed by atoms with Crippen LogP contribution in [0.15, 0.2) is 76.5 Å². The van der Waals surface area contributed by atoms with Crippen molar-refractivity contribution < 1.29 is 23.9 Å². The summed E-state index contributed by atoms with van der Waals surface area (Å²) in [5.41, 5.74) is 2.23. The maximum absolute atomic E-state index is 13.1. The van der Waals surface area contributed by atoms with Gasteiger partial charge in [-0.1, -0.05) is 36.0 Å². The Kier molecular flexibility index (Phi) is 4.83. The highest BCUT2D eigenvalue weighted by molar-refractivity contribution is 7.99. The van der Waals surface area contributed by atoms with Crippen LogP contribution < -0.4 is 15.0 Å². The molecule has 0 saturated heterocycles. The molecule has 8 heteroatoms. The molecule has 31 heavy (non-hydrogen) atoms. The molecule has 1 N–H and O–H groups in total. The summed E-state index contributed by atoms with van der Waals surface area (Å²) in [6.45, 7) is -0.531. The van der Waals surface area contributed by atoms with Gasteiger partial charge in [0, 0.05) is 9.79 Å².